The summed E-state index contributed by atoms with van der Waals surface area (Å²) in [5, 5.41) is 20.3. The number of pyridine rings is 1. The Morgan fingerprint density at radius 2 is 2.00 bits per heavy atom. The third-order valence-corrected chi connectivity index (χ3v) is 3.20. The largest absolute Gasteiger partial charge is 0.618 e. The van der Waals surface area contributed by atoms with Crippen LogP contribution < -0.4 is 4.73 Å². The van der Waals surface area contributed by atoms with Crippen molar-refractivity contribution in [3.05, 3.63) is 34.8 Å². The Bertz CT molecular complexity index is 494. The van der Waals surface area contributed by atoms with Crippen molar-refractivity contribution in [3.8, 4) is 0 Å². The van der Waals surface area contributed by atoms with E-state index in [9.17, 15) is 14.8 Å². The van der Waals surface area contributed by atoms with Crippen molar-refractivity contribution in [2.45, 2.75) is 38.2 Å². The first kappa shape index (κ1) is 13.3. The molecule has 6 heteroatoms. The summed E-state index contributed by atoms with van der Waals surface area (Å²) in [5.41, 5.74) is -0.395. The maximum atomic E-state index is 11.9. The lowest BCUT2D eigenvalue weighted by atomic mass is 9.98. The van der Waals surface area contributed by atoms with E-state index in [0.29, 0.717) is 4.73 Å². The van der Waals surface area contributed by atoms with Crippen LogP contribution in [0.15, 0.2) is 18.3 Å². The van der Waals surface area contributed by atoms with Gasteiger partial charge >= 0.3 is 17.6 Å². The molecule has 0 atom stereocenters. The molecule has 2 rings (SSSR count). The van der Waals surface area contributed by atoms with Gasteiger partial charge in [-0.25, -0.2) is 9.59 Å². The van der Waals surface area contributed by atoms with E-state index >= 15 is 0 Å². The average molecular weight is 265 g/mol. The van der Waals surface area contributed by atoms with Gasteiger partial charge in [-0.15, -0.1) is 0 Å². The van der Waals surface area contributed by atoms with Crippen LogP contribution in [0.1, 0.15) is 53.0 Å². The Hall–Kier alpha value is -2.11. The molecule has 0 spiro atoms. The van der Waals surface area contributed by atoms with E-state index in [1.54, 1.807) is 0 Å². The molecule has 6 nitrogen and oxygen atoms in total. The lowest BCUT2D eigenvalue weighted by Crippen LogP contribution is -2.36. The van der Waals surface area contributed by atoms with Crippen LogP contribution >= 0.6 is 0 Å². The van der Waals surface area contributed by atoms with Crippen molar-refractivity contribution < 1.29 is 24.2 Å². The maximum Gasteiger partial charge on any atom is 0.405 e. The number of aromatic carboxylic acids is 1. The number of hydrogen-bond donors (Lipinski definition) is 1. The zero-order valence-electron chi connectivity index (χ0n) is 10.4. The summed E-state index contributed by atoms with van der Waals surface area (Å²) in [4.78, 5) is 22.7. The third-order valence-electron chi connectivity index (χ3n) is 3.20. The topological polar surface area (TPSA) is 90.5 Å². The van der Waals surface area contributed by atoms with E-state index < -0.39 is 11.9 Å². The molecule has 0 aliphatic heterocycles. The molecule has 1 N–H and O–H groups in total. The molecular formula is C13H15NO5. The zero-order chi connectivity index (χ0) is 13.8. The van der Waals surface area contributed by atoms with E-state index in [1.807, 2.05) is 0 Å². The number of esters is 1. The second-order valence-corrected chi connectivity index (χ2v) is 4.60. The van der Waals surface area contributed by atoms with Gasteiger partial charge < -0.3 is 15.1 Å². The van der Waals surface area contributed by atoms with E-state index in [-0.39, 0.29) is 17.4 Å². The predicted molar refractivity (Wildman–Crippen MR) is 64.6 cm³/mol. The van der Waals surface area contributed by atoms with Gasteiger partial charge in [-0.2, -0.15) is 4.73 Å². The first-order valence-corrected chi connectivity index (χ1v) is 6.25. The lowest BCUT2D eigenvalue weighted by molar-refractivity contribution is -0.608. The highest BCUT2D eigenvalue weighted by Crippen LogP contribution is 2.21. The standard InChI is InChI=1S/C13H15NO5/c15-12(16)9-6-7-14(18)11(8-9)13(17)19-10-4-2-1-3-5-10/h6-8,10H,1-5H2,(H,15,16). The highest BCUT2D eigenvalue weighted by Gasteiger charge is 2.25. The number of carboxylic acids is 1. The van der Waals surface area contributed by atoms with Gasteiger partial charge in [-0.05, 0) is 25.7 Å². The summed E-state index contributed by atoms with van der Waals surface area (Å²) in [7, 11) is 0. The molecule has 0 aromatic carbocycles. The Balaban J connectivity index is 2.13. The number of ether oxygens (including phenoxy) is 1. The molecular weight excluding hydrogens is 250 g/mol. The Kier molecular flexibility index (Phi) is 3.99. The summed E-state index contributed by atoms with van der Waals surface area (Å²) in [6.45, 7) is 0. The molecule has 1 fully saturated rings. The number of carbonyl (C=O) groups is 2. The van der Waals surface area contributed by atoms with E-state index in [1.165, 1.54) is 0 Å². The SMILES string of the molecule is O=C(O)c1cc[n+]([O-])c(C(=O)OC2CCCCC2)c1. The molecule has 1 heterocycles. The number of carboxylic acid groups (broad SMARTS) is 1. The van der Waals surface area contributed by atoms with Crippen molar-refractivity contribution in [2.75, 3.05) is 0 Å². The molecule has 1 aromatic heterocycles. The first-order chi connectivity index (χ1) is 9.08. The summed E-state index contributed by atoms with van der Waals surface area (Å²) in [6.07, 6.45) is 5.56. The normalized spacial score (nSPS) is 16.0. The molecule has 0 bridgehead atoms. The molecule has 0 unspecified atom stereocenters. The zero-order valence-corrected chi connectivity index (χ0v) is 10.4. The minimum atomic E-state index is -1.19. The van der Waals surface area contributed by atoms with Crippen LogP contribution in [0.3, 0.4) is 0 Å². The van der Waals surface area contributed by atoms with Crippen LogP contribution in [0.4, 0.5) is 0 Å². The van der Waals surface area contributed by atoms with Gasteiger partial charge in [0.15, 0.2) is 6.20 Å². The third kappa shape index (κ3) is 3.21. The van der Waals surface area contributed by atoms with Crippen molar-refractivity contribution in [3.63, 3.8) is 0 Å². The van der Waals surface area contributed by atoms with Crippen LogP contribution in [0.25, 0.3) is 0 Å². The monoisotopic (exact) mass is 265 g/mol. The van der Waals surface area contributed by atoms with Gasteiger partial charge in [0.1, 0.15) is 6.10 Å². The first-order valence-electron chi connectivity index (χ1n) is 6.25. The van der Waals surface area contributed by atoms with Gasteiger partial charge in [-0.3, -0.25) is 0 Å². The molecule has 102 valence electrons. The second-order valence-electron chi connectivity index (χ2n) is 4.60. The van der Waals surface area contributed by atoms with Gasteiger partial charge in [0.25, 0.3) is 0 Å². The molecule has 1 aliphatic rings. The van der Waals surface area contributed by atoms with Gasteiger partial charge in [0.05, 0.1) is 5.56 Å². The number of carbonyl (C=O) groups excluding carboxylic acids is 1. The summed E-state index contributed by atoms with van der Waals surface area (Å²) >= 11 is 0. The van der Waals surface area contributed by atoms with Crippen molar-refractivity contribution in [1.82, 2.24) is 0 Å². The predicted octanol–water partition coefficient (Wildman–Crippen LogP) is 1.51. The van der Waals surface area contributed by atoms with Crippen LogP contribution in [0, 0.1) is 5.21 Å². The summed E-state index contributed by atoms with van der Waals surface area (Å²) < 4.78 is 5.57. The fourth-order valence-electron chi connectivity index (χ4n) is 2.16. The van der Waals surface area contributed by atoms with Gasteiger partial charge in [0.2, 0.25) is 0 Å². The Morgan fingerprint density at radius 1 is 1.32 bits per heavy atom. The van der Waals surface area contributed by atoms with Gasteiger partial charge in [-0.1, -0.05) is 6.42 Å². The van der Waals surface area contributed by atoms with Crippen molar-refractivity contribution in [1.29, 1.82) is 0 Å². The minimum absolute atomic E-state index is 0.109. The van der Waals surface area contributed by atoms with Crippen LogP contribution in [-0.4, -0.2) is 23.1 Å². The highest BCUT2D eigenvalue weighted by molar-refractivity contribution is 5.92. The molecule has 0 saturated heterocycles. The lowest BCUT2D eigenvalue weighted by Gasteiger charge is -2.21. The highest BCUT2D eigenvalue weighted by atomic mass is 16.5. The second kappa shape index (κ2) is 5.69. The number of rotatable bonds is 3. The minimum Gasteiger partial charge on any atom is -0.618 e. The van der Waals surface area contributed by atoms with Crippen LogP contribution in [0.2, 0.25) is 0 Å². The van der Waals surface area contributed by atoms with Gasteiger partial charge in [0, 0.05) is 12.1 Å². The fourth-order valence-corrected chi connectivity index (χ4v) is 2.16. The Morgan fingerprint density at radius 3 is 2.63 bits per heavy atom. The van der Waals surface area contributed by atoms with Crippen LogP contribution in [-0.2, 0) is 4.74 Å². The maximum absolute atomic E-state index is 11.9. The van der Waals surface area contributed by atoms with Crippen molar-refractivity contribution in [2.24, 2.45) is 0 Å². The molecule has 1 aromatic rings. The van der Waals surface area contributed by atoms with Crippen LogP contribution in [0.5, 0.6) is 0 Å². The average Bonchev–Trinajstić information content (AvgIpc) is 2.40. The van der Waals surface area contributed by atoms with E-state index in [2.05, 4.69) is 0 Å². The molecule has 0 amide bonds. The molecule has 1 saturated carbocycles. The van der Waals surface area contributed by atoms with Crippen molar-refractivity contribution >= 4 is 11.9 Å². The van der Waals surface area contributed by atoms with E-state index in [0.717, 1.165) is 50.4 Å². The molecule has 1 aliphatic carbocycles. The quantitative estimate of drug-likeness (QED) is 0.508. The molecule has 19 heavy (non-hydrogen) atoms. The number of aromatic nitrogens is 1. The Labute approximate surface area is 110 Å². The summed E-state index contributed by atoms with van der Waals surface area (Å²) in [5.74, 6) is -1.95. The number of hydrogen-bond acceptors (Lipinski definition) is 4. The van der Waals surface area contributed by atoms with E-state index in [4.69, 9.17) is 9.84 Å². The fraction of sp³-hybridized carbons (Fsp3) is 0.462. The summed E-state index contributed by atoms with van der Waals surface area (Å²) in [6, 6.07) is 2.19. The number of nitrogens with zero attached hydrogens (tertiary/aromatic N) is 1. The molecule has 0 radical (unpaired) electrons. The smallest absolute Gasteiger partial charge is 0.405 e.